The number of esters is 1. The average molecular weight is 446 g/mol. The van der Waals surface area contributed by atoms with Crippen molar-refractivity contribution in [2.75, 3.05) is 20.8 Å². The van der Waals surface area contributed by atoms with Crippen molar-refractivity contribution in [2.24, 2.45) is 0 Å². The largest absolute Gasteiger partial charge is 0.500 e. The average Bonchev–Trinajstić information content (AvgIpc) is 2.59. The minimum atomic E-state index is -1.84. The van der Waals surface area contributed by atoms with Gasteiger partial charge in [0.1, 0.15) is 12.6 Å². The summed E-state index contributed by atoms with van der Waals surface area (Å²) in [5.74, 6) is -1.70. The Morgan fingerprint density at radius 3 is 2.44 bits per heavy atom. The number of alkyl carbamates (subject to hydrolysis) is 1. The molecule has 0 aliphatic rings. The number of nitrogens with zero attached hydrogens (tertiary/aromatic N) is 1. The highest BCUT2D eigenvalue weighted by atomic mass is 35.6. The smallest absolute Gasteiger partial charge is 0.408 e. The Morgan fingerprint density at radius 1 is 1.33 bits per heavy atom. The number of hydrogen-bond donors (Lipinski definition) is 2. The Morgan fingerprint density at radius 2 is 1.96 bits per heavy atom. The zero-order valence-electron chi connectivity index (χ0n) is 14.0. The molecule has 1 atom stereocenters. The summed E-state index contributed by atoms with van der Waals surface area (Å²) in [6.45, 7) is -0.574. The molecule has 0 bridgehead atoms. The molecule has 27 heavy (non-hydrogen) atoms. The van der Waals surface area contributed by atoms with Gasteiger partial charge in [-0.1, -0.05) is 34.8 Å². The Hall–Kier alpha value is -2.17. The Kier molecular flexibility index (Phi) is 8.20. The number of hydrogen-bond acceptors (Lipinski definition) is 8. The van der Waals surface area contributed by atoms with Crippen LogP contribution >= 0.6 is 34.8 Å². The predicted octanol–water partition coefficient (Wildman–Crippen LogP) is 2.49. The highest BCUT2D eigenvalue weighted by Crippen LogP contribution is 2.37. The normalized spacial score (nSPS) is 12.0. The highest BCUT2D eigenvalue weighted by Gasteiger charge is 2.28. The molecule has 0 saturated carbocycles. The van der Waals surface area contributed by atoms with Gasteiger partial charge in [0.05, 0.1) is 19.1 Å². The van der Waals surface area contributed by atoms with E-state index in [1.807, 2.05) is 0 Å². The van der Waals surface area contributed by atoms with Crippen LogP contribution in [-0.2, 0) is 20.7 Å². The van der Waals surface area contributed by atoms with E-state index in [0.717, 1.165) is 13.2 Å². The lowest BCUT2D eigenvalue weighted by atomic mass is 10.0. The zero-order valence-corrected chi connectivity index (χ0v) is 16.3. The first-order chi connectivity index (χ1) is 12.5. The topological polar surface area (TPSA) is 137 Å². The lowest BCUT2D eigenvalue weighted by Crippen LogP contribution is -2.43. The summed E-state index contributed by atoms with van der Waals surface area (Å²) in [5.41, 5.74) is -0.430. The second kappa shape index (κ2) is 9.67. The van der Waals surface area contributed by atoms with E-state index in [4.69, 9.17) is 39.5 Å². The number of nitro groups is 1. The van der Waals surface area contributed by atoms with Crippen molar-refractivity contribution in [1.82, 2.24) is 5.32 Å². The van der Waals surface area contributed by atoms with E-state index in [2.05, 4.69) is 14.8 Å². The van der Waals surface area contributed by atoms with Gasteiger partial charge in [-0.05, 0) is 11.6 Å². The Balaban J connectivity index is 3.03. The number of amides is 1. The summed E-state index contributed by atoms with van der Waals surface area (Å²) in [6.07, 6.45) is -1.30. The van der Waals surface area contributed by atoms with Crippen LogP contribution < -0.4 is 10.1 Å². The first-order valence-corrected chi connectivity index (χ1v) is 8.24. The number of carbonyl (C=O) groups excluding carboxylic acids is 2. The molecule has 0 radical (unpaired) electrons. The van der Waals surface area contributed by atoms with Gasteiger partial charge in [-0.3, -0.25) is 10.1 Å². The number of rotatable bonds is 7. The van der Waals surface area contributed by atoms with Crippen LogP contribution in [0.25, 0.3) is 0 Å². The van der Waals surface area contributed by atoms with Gasteiger partial charge in [-0.15, -0.1) is 0 Å². The number of aromatic hydroxyl groups is 1. The molecule has 0 heterocycles. The van der Waals surface area contributed by atoms with Gasteiger partial charge in [0.25, 0.3) is 0 Å². The quantitative estimate of drug-likeness (QED) is 0.283. The van der Waals surface area contributed by atoms with Crippen LogP contribution in [0, 0.1) is 10.1 Å². The zero-order chi connectivity index (χ0) is 20.8. The standard InChI is InChI=1S/C14H15Cl3N2O8/c1-25-10-5-7(4-9(11(10)20)19(23)24)3-8(12(21)26-2)18-13(22)27-6-14(15,16)17/h4-5,8,20H,3,6H2,1-2H3,(H,18,22)/t8-/m0/s1. The van der Waals surface area contributed by atoms with Crippen LogP contribution in [0.3, 0.4) is 0 Å². The van der Waals surface area contributed by atoms with Gasteiger partial charge in [0.15, 0.2) is 5.75 Å². The number of nitrogens with one attached hydrogen (secondary N) is 1. The molecular formula is C14H15Cl3N2O8. The summed E-state index contributed by atoms with van der Waals surface area (Å²) < 4.78 is 12.3. The molecule has 1 aromatic carbocycles. The van der Waals surface area contributed by atoms with E-state index in [1.165, 1.54) is 13.2 Å². The number of alkyl halides is 3. The maximum atomic E-state index is 11.9. The molecule has 0 spiro atoms. The Bertz CT molecular complexity index is 723. The first kappa shape index (κ1) is 22.9. The number of nitro benzene ring substituents is 1. The van der Waals surface area contributed by atoms with Crippen LogP contribution in [-0.4, -0.2) is 52.8 Å². The lowest BCUT2D eigenvalue weighted by Gasteiger charge is -2.18. The highest BCUT2D eigenvalue weighted by molar-refractivity contribution is 6.67. The van der Waals surface area contributed by atoms with Crippen molar-refractivity contribution in [1.29, 1.82) is 0 Å². The maximum Gasteiger partial charge on any atom is 0.408 e. The number of phenolic OH excluding ortho intramolecular Hbond substituents is 1. The first-order valence-electron chi connectivity index (χ1n) is 7.10. The van der Waals surface area contributed by atoms with E-state index >= 15 is 0 Å². The summed E-state index contributed by atoms with van der Waals surface area (Å²) in [6, 6.07) is 1.03. The summed E-state index contributed by atoms with van der Waals surface area (Å²) in [7, 11) is 2.29. The van der Waals surface area contributed by atoms with Crippen molar-refractivity contribution in [3.05, 3.63) is 27.8 Å². The van der Waals surface area contributed by atoms with E-state index in [1.54, 1.807) is 0 Å². The third-order valence-electron chi connectivity index (χ3n) is 3.12. The van der Waals surface area contributed by atoms with Crippen LogP contribution in [0.4, 0.5) is 10.5 Å². The van der Waals surface area contributed by atoms with Gasteiger partial charge >= 0.3 is 17.7 Å². The van der Waals surface area contributed by atoms with E-state index < -0.39 is 44.9 Å². The van der Waals surface area contributed by atoms with Crippen LogP contribution in [0.5, 0.6) is 11.5 Å². The summed E-state index contributed by atoms with van der Waals surface area (Å²) in [4.78, 5) is 33.9. The summed E-state index contributed by atoms with van der Waals surface area (Å²) in [5, 5.41) is 23.0. The second-order valence-corrected chi connectivity index (χ2v) is 7.55. The minimum Gasteiger partial charge on any atom is -0.500 e. The molecule has 10 nitrogen and oxygen atoms in total. The molecule has 0 fully saturated rings. The molecule has 2 N–H and O–H groups in total. The third kappa shape index (κ3) is 7.16. The fourth-order valence-electron chi connectivity index (χ4n) is 1.96. The van der Waals surface area contributed by atoms with E-state index in [-0.39, 0.29) is 17.7 Å². The van der Waals surface area contributed by atoms with Crippen LogP contribution in [0.2, 0.25) is 0 Å². The Labute approximate surface area is 168 Å². The SMILES string of the molecule is COC(=O)[C@H](Cc1cc(OC)c(O)c([N+](=O)[O-])c1)NC(=O)OCC(Cl)(Cl)Cl. The number of ether oxygens (including phenoxy) is 3. The molecule has 150 valence electrons. The van der Waals surface area contributed by atoms with Gasteiger partial charge in [0.2, 0.25) is 9.54 Å². The van der Waals surface area contributed by atoms with Crippen molar-refractivity contribution in [3.63, 3.8) is 0 Å². The van der Waals surface area contributed by atoms with Crippen LogP contribution in [0.15, 0.2) is 12.1 Å². The molecule has 0 aliphatic heterocycles. The molecule has 0 unspecified atom stereocenters. The molecule has 1 amide bonds. The number of carbonyl (C=O) groups is 2. The van der Waals surface area contributed by atoms with Gasteiger partial charge < -0.3 is 24.6 Å². The molecule has 0 aromatic heterocycles. The van der Waals surface area contributed by atoms with Gasteiger partial charge in [-0.25, -0.2) is 9.59 Å². The molecule has 1 rings (SSSR count). The van der Waals surface area contributed by atoms with Gasteiger partial charge in [-0.2, -0.15) is 0 Å². The molecule has 1 aromatic rings. The fraction of sp³-hybridized carbons (Fsp3) is 0.429. The molecule has 0 aliphatic carbocycles. The minimum absolute atomic E-state index is 0.179. The van der Waals surface area contributed by atoms with Gasteiger partial charge in [0, 0.05) is 12.5 Å². The predicted molar refractivity (Wildman–Crippen MR) is 95.6 cm³/mol. The number of benzene rings is 1. The molecular weight excluding hydrogens is 431 g/mol. The number of halogens is 3. The number of phenols is 1. The van der Waals surface area contributed by atoms with Crippen molar-refractivity contribution >= 4 is 52.6 Å². The van der Waals surface area contributed by atoms with Crippen molar-refractivity contribution in [2.45, 2.75) is 16.3 Å². The maximum absolute atomic E-state index is 11.9. The molecule has 13 heteroatoms. The number of methoxy groups -OCH3 is 2. The summed E-state index contributed by atoms with van der Waals surface area (Å²) >= 11 is 16.4. The van der Waals surface area contributed by atoms with Crippen molar-refractivity contribution < 1.29 is 33.8 Å². The van der Waals surface area contributed by atoms with E-state index in [0.29, 0.717) is 0 Å². The third-order valence-corrected chi connectivity index (χ3v) is 3.44. The van der Waals surface area contributed by atoms with E-state index in [9.17, 15) is 24.8 Å². The van der Waals surface area contributed by atoms with Crippen LogP contribution in [0.1, 0.15) is 5.56 Å². The second-order valence-electron chi connectivity index (χ2n) is 5.04. The van der Waals surface area contributed by atoms with Crippen molar-refractivity contribution in [3.8, 4) is 11.5 Å². The fourth-order valence-corrected chi connectivity index (χ4v) is 2.13. The monoisotopic (exact) mass is 444 g/mol. The lowest BCUT2D eigenvalue weighted by molar-refractivity contribution is -0.386. The molecule has 0 saturated heterocycles.